The van der Waals surface area contributed by atoms with Gasteiger partial charge < -0.3 is 20.3 Å². The second-order valence-electron chi connectivity index (χ2n) is 6.79. The molecule has 3 N–H and O–H groups in total. The van der Waals surface area contributed by atoms with Gasteiger partial charge in [-0.2, -0.15) is 0 Å². The van der Waals surface area contributed by atoms with Crippen molar-refractivity contribution in [2.45, 2.75) is 33.7 Å². The molecule has 0 radical (unpaired) electrons. The fourth-order valence-corrected chi connectivity index (χ4v) is 2.84. The number of hydrogen-bond acceptors (Lipinski definition) is 3. The van der Waals surface area contributed by atoms with Crippen molar-refractivity contribution in [2.75, 3.05) is 19.7 Å². The fourth-order valence-electron chi connectivity index (χ4n) is 2.60. The van der Waals surface area contributed by atoms with Crippen molar-refractivity contribution in [3.8, 4) is 0 Å². The highest BCUT2D eigenvalue weighted by atomic mass is 32.1. The van der Waals surface area contributed by atoms with Crippen LogP contribution < -0.4 is 10.9 Å². The summed E-state index contributed by atoms with van der Waals surface area (Å²) in [5.74, 6) is 0.477. The molecule has 2 rings (SSSR count). The first-order valence-corrected chi connectivity index (χ1v) is 9.07. The fraction of sp³-hybridized carbons (Fsp3) is 0.474. The molecule has 1 aromatic heterocycles. The average molecular weight is 362 g/mol. The van der Waals surface area contributed by atoms with Crippen LogP contribution in [0.4, 0.5) is 0 Å². The average Bonchev–Trinajstić information content (AvgIpc) is 2.56. The molecule has 0 saturated heterocycles. The molecule has 2 aromatic rings. The van der Waals surface area contributed by atoms with E-state index in [9.17, 15) is 4.79 Å². The zero-order valence-corrected chi connectivity index (χ0v) is 15.9. The maximum Gasteiger partial charge on any atom is 0.253 e. The summed E-state index contributed by atoms with van der Waals surface area (Å²) in [4.78, 5) is 17.3. The molecule has 0 aliphatic carbocycles. The number of benzene rings is 1. The zero-order valence-electron chi connectivity index (χ0n) is 15.1. The lowest BCUT2D eigenvalue weighted by molar-refractivity contribution is 0.264. The van der Waals surface area contributed by atoms with Gasteiger partial charge in [-0.1, -0.05) is 26.0 Å². The van der Waals surface area contributed by atoms with Crippen LogP contribution in [0, 0.1) is 12.8 Å². The Balaban J connectivity index is 2.23. The molecule has 0 aliphatic rings. The van der Waals surface area contributed by atoms with E-state index in [0.717, 1.165) is 23.0 Å². The number of aryl methyl sites for hydroxylation is 1. The smallest absolute Gasteiger partial charge is 0.253 e. The maximum atomic E-state index is 12.4. The Bertz CT molecular complexity index is 786. The number of nitrogens with zero attached hydrogens (tertiary/aromatic N) is 1. The number of thiocarbonyl (C=S) groups is 1. The van der Waals surface area contributed by atoms with E-state index in [1.807, 2.05) is 36.1 Å². The molecule has 5 nitrogen and oxygen atoms in total. The molecule has 6 heteroatoms. The van der Waals surface area contributed by atoms with Gasteiger partial charge in [0.1, 0.15) is 0 Å². The summed E-state index contributed by atoms with van der Waals surface area (Å²) in [6, 6.07) is 7.93. The predicted octanol–water partition coefficient (Wildman–Crippen LogP) is 2.55. The van der Waals surface area contributed by atoms with Gasteiger partial charge in [-0.25, -0.2) is 0 Å². The van der Waals surface area contributed by atoms with E-state index in [2.05, 4.69) is 24.1 Å². The van der Waals surface area contributed by atoms with Gasteiger partial charge in [-0.15, -0.1) is 0 Å². The molecule has 136 valence electrons. The van der Waals surface area contributed by atoms with Crippen molar-refractivity contribution in [3.05, 3.63) is 45.7 Å². The normalized spacial score (nSPS) is 11.1. The molecular weight excluding hydrogens is 334 g/mol. The minimum absolute atomic E-state index is 0.0939. The van der Waals surface area contributed by atoms with E-state index in [4.69, 9.17) is 17.3 Å². The van der Waals surface area contributed by atoms with Crippen molar-refractivity contribution in [3.63, 3.8) is 0 Å². The number of aromatic amines is 1. The van der Waals surface area contributed by atoms with Crippen molar-refractivity contribution in [1.29, 1.82) is 0 Å². The first-order valence-electron chi connectivity index (χ1n) is 8.67. The Morgan fingerprint density at radius 2 is 2.12 bits per heavy atom. The van der Waals surface area contributed by atoms with Gasteiger partial charge in [-0.3, -0.25) is 4.79 Å². The van der Waals surface area contributed by atoms with Gasteiger partial charge in [0.05, 0.1) is 6.54 Å². The molecular formula is C19H27N3O2S. The van der Waals surface area contributed by atoms with E-state index in [-0.39, 0.29) is 12.2 Å². The highest BCUT2D eigenvalue weighted by Gasteiger charge is 2.13. The Morgan fingerprint density at radius 3 is 2.80 bits per heavy atom. The van der Waals surface area contributed by atoms with Crippen LogP contribution in [0.2, 0.25) is 0 Å². The monoisotopic (exact) mass is 361 g/mol. The lowest BCUT2D eigenvalue weighted by atomic mass is 10.1. The molecule has 0 unspecified atom stereocenters. The molecule has 0 saturated carbocycles. The third-order valence-electron chi connectivity index (χ3n) is 3.97. The number of hydrogen-bond donors (Lipinski definition) is 3. The highest BCUT2D eigenvalue weighted by molar-refractivity contribution is 7.80. The van der Waals surface area contributed by atoms with Crippen molar-refractivity contribution in [1.82, 2.24) is 15.2 Å². The van der Waals surface area contributed by atoms with Crippen LogP contribution in [0.25, 0.3) is 10.9 Å². The zero-order chi connectivity index (χ0) is 18.4. The Labute approximate surface area is 154 Å². The highest BCUT2D eigenvalue weighted by Crippen LogP contribution is 2.14. The van der Waals surface area contributed by atoms with E-state index in [1.54, 1.807) is 0 Å². The van der Waals surface area contributed by atoms with Gasteiger partial charge in [0, 0.05) is 30.8 Å². The second kappa shape index (κ2) is 8.97. The van der Waals surface area contributed by atoms with Gasteiger partial charge in [0.2, 0.25) is 0 Å². The number of fused-ring (bicyclic) bond motifs is 1. The SMILES string of the molecule is Cc1ccc2cc(CN(CCCO)C(=S)NCC(C)C)c(=O)[nH]c2c1. The van der Waals surface area contributed by atoms with Crippen molar-refractivity contribution in [2.24, 2.45) is 5.92 Å². The quantitative estimate of drug-likeness (QED) is 0.661. The lowest BCUT2D eigenvalue weighted by Gasteiger charge is -2.26. The summed E-state index contributed by atoms with van der Waals surface area (Å²) in [6.45, 7) is 8.13. The first kappa shape index (κ1) is 19.4. The molecule has 0 spiro atoms. The number of H-pyrrole nitrogens is 1. The molecule has 1 aromatic carbocycles. The topological polar surface area (TPSA) is 68.4 Å². The molecule has 0 aliphatic heterocycles. The van der Waals surface area contributed by atoms with E-state index in [1.165, 1.54) is 0 Å². The first-order chi connectivity index (χ1) is 11.9. The summed E-state index contributed by atoms with van der Waals surface area (Å²) in [6.07, 6.45) is 0.605. The second-order valence-corrected chi connectivity index (χ2v) is 7.18. The number of rotatable bonds is 7. The lowest BCUT2D eigenvalue weighted by Crippen LogP contribution is -2.42. The van der Waals surface area contributed by atoms with Crippen LogP contribution in [0.5, 0.6) is 0 Å². The predicted molar refractivity (Wildman–Crippen MR) is 107 cm³/mol. The van der Waals surface area contributed by atoms with Crippen LogP contribution in [0.3, 0.4) is 0 Å². The van der Waals surface area contributed by atoms with Gasteiger partial charge in [-0.05, 0) is 54.6 Å². The summed E-state index contributed by atoms with van der Waals surface area (Å²) in [5.41, 5.74) is 2.53. The summed E-state index contributed by atoms with van der Waals surface area (Å²) >= 11 is 5.48. The molecule has 0 fully saturated rings. The minimum Gasteiger partial charge on any atom is -0.396 e. The Kier molecular flexibility index (Phi) is 6.96. The number of aromatic nitrogens is 1. The molecule has 1 heterocycles. The summed E-state index contributed by atoms with van der Waals surface area (Å²) in [5, 5.41) is 14.0. The van der Waals surface area contributed by atoms with Crippen LogP contribution in [-0.4, -0.2) is 39.8 Å². The van der Waals surface area contributed by atoms with Crippen LogP contribution >= 0.6 is 12.2 Å². The molecule has 25 heavy (non-hydrogen) atoms. The third-order valence-corrected chi connectivity index (χ3v) is 4.38. The van der Waals surface area contributed by atoms with Gasteiger partial charge in [0.25, 0.3) is 5.56 Å². The van der Waals surface area contributed by atoms with Crippen LogP contribution in [0.15, 0.2) is 29.1 Å². The Hall–Kier alpha value is -1.92. The van der Waals surface area contributed by atoms with Crippen LogP contribution in [0.1, 0.15) is 31.4 Å². The van der Waals surface area contributed by atoms with Gasteiger partial charge >= 0.3 is 0 Å². The summed E-state index contributed by atoms with van der Waals surface area (Å²) < 4.78 is 0. The number of nitrogens with one attached hydrogen (secondary N) is 2. The van der Waals surface area contributed by atoms with Crippen molar-refractivity contribution >= 4 is 28.2 Å². The Morgan fingerprint density at radius 1 is 1.36 bits per heavy atom. The summed E-state index contributed by atoms with van der Waals surface area (Å²) in [7, 11) is 0. The van der Waals surface area contributed by atoms with E-state index in [0.29, 0.717) is 36.1 Å². The molecule has 0 atom stereocenters. The number of aliphatic hydroxyl groups excluding tert-OH is 1. The maximum absolute atomic E-state index is 12.4. The molecule has 0 bridgehead atoms. The van der Waals surface area contributed by atoms with Crippen molar-refractivity contribution < 1.29 is 5.11 Å². The van der Waals surface area contributed by atoms with E-state index < -0.39 is 0 Å². The molecule has 0 amide bonds. The standard InChI is InChI=1S/C19H27N3O2S/c1-13(2)11-20-19(25)22(7-4-8-23)12-16-10-15-6-5-14(3)9-17(15)21-18(16)24/h5-6,9-10,13,23H,4,7-8,11-12H2,1-3H3,(H,20,25)(H,21,24). The van der Waals surface area contributed by atoms with Gasteiger partial charge in [0.15, 0.2) is 5.11 Å². The van der Waals surface area contributed by atoms with Crippen LogP contribution in [-0.2, 0) is 6.54 Å². The minimum atomic E-state index is -0.0984. The third kappa shape index (κ3) is 5.54. The van der Waals surface area contributed by atoms with E-state index >= 15 is 0 Å². The largest absolute Gasteiger partial charge is 0.396 e. The number of aliphatic hydroxyl groups is 1. The number of pyridine rings is 1.